The fraction of sp³-hybridized carbons (Fsp3) is 0.500. The Labute approximate surface area is 125 Å². The molecule has 5 heteroatoms. The van der Waals surface area contributed by atoms with Crippen molar-refractivity contribution in [1.29, 1.82) is 0 Å². The number of amides is 2. The summed E-state index contributed by atoms with van der Waals surface area (Å²) in [5, 5.41) is 14.7. The molecule has 0 saturated heterocycles. The molecule has 21 heavy (non-hydrogen) atoms. The van der Waals surface area contributed by atoms with Crippen LogP contribution in [0, 0.1) is 13.8 Å². The molecule has 0 fully saturated rings. The van der Waals surface area contributed by atoms with Crippen molar-refractivity contribution in [2.45, 2.75) is 53.0 Å². The number of aromatic carboxylic acids is 1. The summed E-state index contributed by atoms with van der Waals surface area (Å²) < 4.78 is 0. The number of nitrogens with one attached hydrogen (secondary N) is 2. The average molecular weight is 292 g/mol. The number of carbonyl (C=O) groups excluding carboxylic acids is 1. The van der Waals surface area contributed by atoms with Gasteiger partial charge in [0.1, 0.15) is 0 Å². The van der Waals surface area contributed by atoms with E-state index in [1.54, 1.807) is 13.0 Å². The van der Waals surface area contributed by atoms with Crippen molar-refractivity contribution < 1.29 is 14.7 Å². The van der Waals surface area contributed by atoms with Gasteiger partial charge in [-0.25, -0.2) is 9.59 Å². The second-order valence-corrected chi connectivity index (χ2v) is 5.45. The van der Waals surface area contributed by atoms with Crippen molar-refractivity contribution in [2.75, 3.05) is 5.32 Å². The maximum Gasteiger partial charge on any atom is 0.337 e. The van der Waals surface area contributed by atoms with Gasteiger partial charge in [0, 0.05) is 6.04 Å². The van der Waals surface area contributed by atoms with Crippen molar-refractivity contribution >= 4 is 17.7 Å². The Kier molecular flexibility index (Phi) is 6.21. The molecular formula is C16H24N2O3. The molecule has 1 atom stereocenters. The van der Waals surface area contributed by atoms with Crippen molar-refractivity contribution in [2.24, 2.45) is 0 Å². The SMILES string of the molecule is CCCCC(C)NC(=O)Nc1c(C)cc(C)cc1C(=O)O. The third-order valence-electron chi connectivity index (χ3n) is 3.32. The molecule has 116 valence electrons. The van der Waals surface area contributed by atoms with Crippen LogP contribution in [0.2, 0.25) is 0 Å². The van der Waals surface area contributed by atoms with E-state index < -0.39 is 5.97 Å². The van der Waals surface area contributed by atoms with E-state index >= 15 is 0 Å². The zero-order valence-electron chi connectivity index (χ0n) is 13.1. The molecule has 5 nitrogen and oxygen atoms in total. The molecule has 2 amide bonds. The number of urea groups is 1. The first-order valence-corrected chi connectivity index (χ1v) is 7.27. The maximum atomic E-state index is 12.0. The Morgan fingerprint density at radius 2 is 1.95 bits per heavy atom. The number of carboxylic acid groups (broad SMARTS) is 1. The van der Waals surface area contributed by atoms with Crippen molar-refractivity contribution in [1.82, 2.24) is 5.32 Å². The summed E-state index contributed by atoms with van der Waals surface area (Å²) in [6.07, 6.45) is 3.03. The number of carbonyl (C=O) groups is 2. The maximum absolute atomic E-state index is 12.0. The number of hydrogen-bond acceptors (Lipinski definition) is 2. The largest absolute Gasteiger partial charge is 0.478 e. The molecule has 0 saturated carbocycles. The van der Waals surface area contributed by atoms with Crippen LogP contribution in [0.3, 0.4) is 0 Å². The van der Waals surface area contributed by atoms with Gasteiger partial charge in [0.05, 0.1) is 11.3 Å². The van der Waals surface area contributed by atoms with E-state index in [1.807, 2.05) is 19.9 Å². The first-order valence-electron chi connectivity index (χ1n) is 7.27. The lowest BCUT2D eigenvalue weighted by Crippen LogP contribution is -2.36. The minimum absolute atomic E-state index is 0.0592. The van der Waals surface area contributed by atoms with E-state index in [2.05, 4.69) is 17.6 Å². The molecule has 0 aliphatic rings. The zero-order chi connectivity index (χ0) is 16.0. The second kappa shape index (κ2) is 7.67. The first-order chi connectivity index (χ1) is 9.85. The third kappa shape index (κ3) is 5.10. The van der Waals surface area contributed by atoms with Crippen LogP contribution in [0.1, 0.15) is 54.6 Å². The first kappa shape index (κ1) is 17.0. The fourth-order valence-electron chi connectivity index (χ4n) is 2.26. The summed E-state index contributed by atoms with van der Waals surface area (Å²) in [5.41, 5.74) is 2.06. The lowest BCUT2D eigenvalue weighted by Gasteiger charge is -2.17. The van der Waals surface area contributed by atoms with Gasteiger partial charge in [0.25, 0.3) is 0 Å². The zero-order valence-corrected chi connectivity index (χ0v) is 13.1. The van der Waals surface area contributed by atoms with Crippen molar-refractivity contribution in [3.63, 3.8) is 0 Å². The molecule has 3 N–H and O–H groups in total. The predicted molar refractivity (Wildman–Crippen MR) is 84.0 cm³/mol. The number of unbranched alkanes of at least 4 members (excludes halogenated alkanes) is 1. The molecule has 1 aromatic rings. The number of benzene rings is 1. The van der Waals surface area contributed by atoms with Crippen molar-refractivity contribution in [3.05, 3.63) is 28.8 Å². The average Bonchev–Trinajstić information content (AvgIpc) is 2.38. The molecule has 0 bridgehead atoms. The monoisotopic (exact) mass is 292 g/mol. The molecular weight excluding hydrogens is 268 g/mol. The molecule has 0 aliphatic heterocycles. The van der Waals surface area contributed by atoms with E-state index in [-0.39, 0.29) is 17.6 Å². The summed E-state index contributed by atoms with van der Waals surface area (Å²) in [5.74, 6) is -1.05. The smallest absolute Gasteiger partial charge is 0.337 e. The van der Waals surface area contributed by atoms with Crippen molar-refractivity contribution in [3.8, 4) is 0 Å². The van der Waals surface area contributed by atoms with Crippen LogP contribution in [0.5, 0.6) is 0 Å². The van der Waals surface area contributed by atoms with Crippen LogP contribution >= 0.6 is 0 Å². The highest BCUT2D eigenvalue weighted by Crippen LogP contribution is 2.22. The molecule has 1 aromatic carbocycles. The van der Waals surface area contributed by atoms with Gasteiger partial charge >= 0.3 is 12.0 Å². The van der Waals surface area contributed by atoms with Crippen LogP contribution in [-0.2, 0) is 0 Å². The Hall–Kier alpha value is -2.04. The minimum Gasteiger partial charge on any atom is -0.478 e. The molecule has 1 rings (SSSR count). The summed E-state index contributed by atoms with van der Waals surface area (Å²) in [6, 6.07) is 3.10. The van der Waals surface area contributed by atoms with Crippen LogP contribution in [-0.4, -0.2) is 23.1 Å². The van der Waals surface area contributed by atoms with E-state index in [0.29, 0.717) is 5.69 Å². The van der Waals surface area contributed by atoms with Gasteiger partial charge in [-0.2, -0.15) is 0 Å². The fourth-order valence-corrected chi connectivity index (χ4v) is 2.26. The molecule has 1 unspecified atom stereocenters. The second-order valence-electron chi connectivity index (χ2n) is 5.45. The summed E-state index contributed by atoms with van der Waals surface area (Å²) in [7, 11) is 0. The highest BCUT2D eigenvalue weighted by molar-refractivity contribution is 6.01. The van der Waals surface area contributed by atoms with Gasteiger partial charge in [-0.3, -0.25) is 0 Å². The quantitative estimate of drug-likeness (QED) is 0.748. The van der Waals surface area contributed by atoms with E-state index in [0.717, 1.165) is 30.4 Å². The summed E-state index contributed by atoms with van der Waals surface area (Å²) in [4.78, 5) is 23.3. The summed E-state index contributed by atoms with van der Waals surface area (Å²) >= 11 is 0. The van der Waals surface area contributed by atoms with Crippen LogP contribution in [0.4, 0.5) is 10.5 Å². The van der Waals surface area contributed by atoms with E-state index in [9.17, 15) is 14.7 Å². The molecule has 0 aliphatic carbocycles. The Morgan fingerprint density at radius 3 is 2.52 bits per heavy atom. The molecule has 0 radical (unpaired) electrons. The molecule has 0 aromatic heterocycles. The molecule has 0 spiro atoms. The lowest BCUT2D eigenvalue weighted by atomic mass is 10.0. The molecule has 0 heterocycles. The summed E-state index contributed by atoms with van der Waals surface area (Å²) in [6.45, 7) is 7.66. The van der Waals surface area contributed by atoms with E-state index in [1.165, 1.54) is 0 Å². The van der Waals surface area contributed by atoms with Gasteiger partial charge in [-0.15, -0.1) is 0 Å². The Bertz CT molecular complexity index is 526. The van der Waals surface area contributed by atoms with Crippen LogP contribution < -0.4 is 10.6 Å². The van der Waals surface area contributed by atoms with Gasteiger partial charge in [0.2, 0.25) is 0 Å². The van der Waals surface area contributed by atoms with Gasteiger partial charge in [-0.05, 0) is 44.4 Å². The number of carboxylic acids is 1. The topological polar surface area (TPSA) is 78.4 Å². The van der Waals surface area contributed by atoms with Gasteiger partial charge in [0.15, 0.2) is 0 Å². The van der Waals surface area contributed by atoms with E-state index in [4.69, 9.17) is 0 Å². The number of aryl methyl sites for hydroxylation is 2. The lowest BCUT2D eigenvalue weighted by molar-refractivity contribution is 0.0698. The van der Waals surface area contributed by atoms with Gasteiger partial charge in [-0.1, -0.05) is 25.8 Å². The highest BCUT2D eigenvalue weighted by Gasteiger charge is 2.16. The van der Waals surface area contributed by atoms with Crippen LogP contribution in [0.25, 0.3) is 0 Å². The predicted octanol–water partition coefficient (Wildman–Crippen LogP) is 3.70. The highest BCUT2D eigenvalue weighted by atomic mass is 16.4. The third-order valence-corrected chi connectivity index (χ3v) is 3.32. The number of rotatable bonds is 6. The standard InChI is InChI=1S/C16H24N2O3/c1-5-6-7-12(4)17-16(21)18-14-11(3)8-10(2)9-13(14)15(19)20/h8-9,12H,5-7H2,1-4H3,(H,19,20)(H2,17,18,21). The Morgan fingerprint density at radius 1 is 1.29 bits per heavy atom. The normalized spacial score (nSPS) is 11.8. The number of hydrogen-bond donors (Lipinski definition) is 3. The Balaban J connectivity index is 2.83. The van der Waals surface area contributed by atoms with Crippen LogP contribution in [0.15, 0.2) is 12.1 Å². The minimum atomic E-state index is -1.05. The number of anilines is 1. The van der Waals surface area contributed by atoms with Gasteiger partial charge < -0.3 is 15.7 Å².